The Hall–Kier alpha value is -2.42. The smallest absolute Gasteiger partial charge is 0.134 e. The van der Waals surface area contributed by atoms with Crippen LogP contribution in [0.5, 0.6) is 0 Å². The molecule has 2 aromatic rings. The van der Waals surface area contributed by atoms with Crippen molar-refractivity contribution in [1.29, 1.82) is 5.41 Å². The lowest BCUT2D eigenvalue weighted by Gasteiger charge is -2.43. The lowest BCUT2D eigenvalue weighted by atomic mass is 9.80. The molecule has 0 amide bonds. The standard InChI is InChI=1S/C25H32FN5O2/c1-14-5-17(10-27)23(30-25-9-24(28-15(2)29-25)16-6-19(32)7-16)8-21(14)20-3-4-31(11-22(20)26)18-12-33-13-18/h5,8-10,16,18-20,22,27,32H,3-4,6-7,11-13H2,1-2H3,(H,28,29,30). The van der Waals surface area contributed by atoms with Crippen molar-refractivity contribution < 1.29 is 14.2 Å². The first-order chi connectivity index (χ1) is 15.9. The van der Waals surface area contributed by atoms with E-state index in [1.165, 1.54) is 6.21 Å². The highest BCUT2D eigenvalue weighted by molar-refractivity contribution is 5.88. The number of hydrogen-bond donors (Lipinski definition) is 3. The molecule has 1 aliphatic carbocycles. The number of aryl methyl sites for hydroxylation is 2. The van der Waals surface area contributed by atoms with Crippen LogP contribution in [0.4, 0.5) is 15.9 Å². The van der Waals surface area contributed by atoms with E-state index >= 15 is 4.39 Å². The van der Waals surface area contributed by atoms with Crippen molar-refractivity contribution in [2.45, 2.75) is 63.3 Å². The van der Waals surface area contributed by atoms with Gasteiger partial charge in [0.05, 0.1) is 25.4 Å². The maximum absolute atomic E-state index is 15.3. The van der Waals surface area contributed by atoms with E-state index in [1.807, 2.05) is 32.0 Å². The van der Waals surface area contributed by atoms with Gasteiger partial charge in [0.2, 0.25) is 0 Å². The summed E-state index contributed by atoms with van der Waals surface area (Å²) in [5.74, 6) is 1.41. The number of alkyl halides is 1. The quantitative estimate of drug-likeness (QED) is 0.579. The Labute approximate surface area is 193 Å². The van der Waals surface area contributed by atoms with Crippen LogP contribution in [0.2, 0.25) is 0 Å². The first-order valence-electron chi connectivity index (χ1n) is 11.8. The van der Waals surface area contributed by atoms with Crippen molar-refractivity contribution in [3.8, 4) is 0 Å². The topological polar surface area (TPSA) is 94.4 Å². The van der Waals surface area contributed by atoms with Crippen molar-refractivity contribution in [1.82, 2.24) is 14.9 Å². The van der Waals surface area contributed by atoms with Crippen LogP contribution < -0.4 is 5.32 Å². The average molecular weight is 454 g/mol. The van der Waals surface area contributed by atoms with Gasteiger partial charge in [0, 0.05) is 47.6 Å². The Morgan fingerprint density at radius 1 is 1.21 bits per heavy atom. The average Bonchev–Trinajstić information content (AvgIpc) is 2.71. The van der Waals surface area contributed by atoms with Crippen molar-refractivity contribution in [2.24, 2.45) is 0 Å². The first-order valence-corrected chi connectivity index (χ1v) is 11.8. The van der Waals surface area contributed by atoms with Crippen molar-refractivity contribution in [3.63, 3.8) is 0 Å². The molecule has 8 heteroatoms. The first kappa shape index (κ1) is 22.4. The zero-order valence-corrected chi connectivity index (χ0v) is 19.2. The number of aliphatic hydroxyl groups excluding tert-OH is 1. The lowest BCUT2D eigenvalue weighted by molar-refractivity contribution is -0.0807. The number of ether oxygens (including phenoxy) is 1. The van der Waals surface area contributed by atoms with E-state index in [-0.39, 0.29) is 17.9 Å². The molecule has 5 rings (SSSR count). The summed E-state index contributed by atoms with van der Waals surface area (Å²) in [5, 5.41) is 20.9. The van der Waals surface area contributed by atoms with Gasteiger partial charge in [-0.15, -0.1) is 0 Å². The molecule has 0 radical (unpaired) electrons. The van der Waals surface area contributed by atoms with Crippen LogP contribution in [0.25, 0.3) is 0 Å². The predicted molar refractivity (Wildman–Crippen MR) is 126 cm³/mol. The van der Waals surface area contributed by atoms with Gasteiger partial charge in [-0.3, -0.25) is 4.90 Å². The summed E-state index contributed by atoms with van der Waals surface area (Å²) in [4.78, 5) is 11.3. The van der Waals surface area contributed by atoms with Gasteiger partial charge in [0.25, 0.3) is 0 Å². The molecule has 1 aromatic carbocycles. The lowest BCUT2D eigenvalue weighted by Crippen LogP contribution is -2.54. The van der Waals surface area contributed by atoms with Crippen molar-refractivity contribution >= 4 is 17.7 Å². The second kappa shape index (κ2) is 9.08. The number of nitrogens with one attached hydrogen (secondary N) is 2. The molecule has 2 unspecified atom stereocenters. The molecule has 7 nitrogen and oxygen atoms in total. The maximum Gasteiger partial charge on any atom is 0.134 e. The van der Waals surface area contributed by atoms with E-state index in [2.05, 4.69) is 20.2 Å². The minimum atomic E-state index is -0.935. The SMILES string of the molecule is Cc1nc(Nc2cc(C3CCN(C4COC4)CC3F)c(C)cc2C=N)cc(C2CC(O)C2)n1. The number of halogens is 1. The third kappa shape index (κ3) is 4.52. The Kier molecular flexibility index (Phi) is 6.16. The van der Waals surface area contributed by atoms with Crippen LogP contribution in [0.1, 0.15) is 59.3 Å². The Balaban J connectivity index is 1.39. The molecule has 33 heavy (non-hydrogen) atoms. The fraction of sp³-hybridized carbons (Fsp3) is 0.560. The summed E-state index contributed by atoms with van der Waals surface area (Å²) in [6.07, 6.45) is 2.35. The molecule has 3 fully saturated rings. The van der Waals surface area contributed by atoms with Crippen molar-refractivity contribution in [3.05, 3.63) is 46.4 Å². The molecule has 2 aliphatic heterocycles. The van der Waals surface area contributed by atoms with Crippen LogP contribution in [-0.2, 0) is 4.74 Å². The number of piperidine rings is 1. The summed E-state index contributed by atoms with van der Waals surface area (Å²) in [5.41, 5.74) is 4.43. The Bertz CT molecular complexity index is 1040. The van der Waals surface area contributed by atoms with E-state index in [1.54, 1.807) is 0 Å². The summed E-state index contributed by atoms with van der Waals surface area (Å²) in [7, 11) is 0. The van der Waals surface area contributed by atoms with Gasteiger partial charge in [0.1, 0.15) is 17.8 Å². The fourth-order valence-electron chi connectivity index (χ4n) is 5.25. The second-order valence-electron chi connectivity index (χ2n) is 9.71. The summed E-state index contributed by atoms with van der Waals surface area (Å²) in [6, 6.07) is 6.24. The van der Waals surface area contributed by atoms with Gasteiger partial charge in [-0.1, -0.05) is 0 Å². The van der Waals surface area contributed by atoms with E-state index in [4.69, 9.17) is 10.1 Å². The zero-order chi connectivity index (χ0) is 23.1. The van der Waals surface area contributed by atoms with E-state index < -0.39 is 6.17 Å². The van der Waals surface area contributed by atoms with E-state index in [0.717, 1.165) is 53.9 Å². The highest BCUT2D eigenvalue weighted by Gasteiger charge is 2.36. The Morgan fingerprint density at radius 2 is 2.00 bits per heavy atom. The van der Waals surface area contributed by atoms with Gasteiger partial charge in [-0.2, -0.15) is 0 Å². The molecule has 176 valence electrons. The third-order valence-electron chi connectivity index (χ3n) is 7.35. The predicted octanol–water partition coefficient (Wildman–Crippen LogP) is 3.60. The molecule has 2 atom stereocenters. The highest BCUT2D eigenvalue weighted by Crippen LogP contribution is 2.38. The van der Waals surface area contributed by atoms with Crippen LogP contribution in [0.3, 0.4) is 0 Å². The van der Waals surface area contributed by atoms with Gasteiger partial charge >= 0.3 is 0 Å². The summed E-state index contributed by atoms with van der Waals surface area (Å²) in [6.45, 7) is 6.58. The number of rotatable bonds is 6. The number of anilines is 2. The molecule has 3 heterocycles. The number of nitrogens with zero attached hydrogens (tertiary/aromatic N) is 3. The molecule has 0 spiro atoms. The molecule has 1 saturated carbocycles. The second-order valence-corrected chi connectivity index (χ2v) is 9.71. The third-order valence-corrected chi connectivity index (χ3v) is 7.35. The summed E-state index contributed by atoms with van der Waals surface area (Å²) >= 11 is 0. The van der Waals surface area contributed by atoms with Crippen LogP contribution in [-0.4, -0.2) is 70.8 Å². The van der Waals surface area contributed by atoms with Crippen LogP contribution in [0.15, 0.2) is 18.2 Å². The van der Waals surface area contributed by atoms with Gasteiger partial charge in [0.15, 0.2) is 0 Å². The number of benzene rings is 1. The largest absolute Gasteiger partial charge is 0.393 e. The van der Waals surface area contributed by atoms with Crippen LogP contribution in [0, 0.1) is 19.3 Å². The Morgan fingerprint density at radius 3 is 2.64 bits per heavy atom. The molecular formula is C25H32FN5O2. The number of hydrogen-bond acceptors (Lipinski definition) is 7. The number of likely N-dealkylation sites (tertiary alicyclic amines) is 1. The molecule has 2 saturated heterocycles. The van der Waals surface area contributed by atoms with Gasteiger partial charge in [-0.05, 0) is 62.9 Å². The molecule has 1 aromatic heterocycles. The molecule has 3 aliphatic rings. The summed E-state index contributed by atoms with van der Waals surface area (Å²) < 4.78 is 20.6. The monoisotopic (exact) mass is 453 g/mol. The fourth-order valence-corrected chi connectivity index (χ4v) is 5.25. The van der Waals surface area contributed by atoms with Crippen LogP contribution >= 0.6 is 0 Å². The normalized spacial score (nSPS) is 28.1. The van der Waals surface area contributed by atoms with Gasteiger partial charge in [-0.25, -0.2) is 14.4 Å². The molecule has 0 bridgehead atoms. The number of aliphatic hydroxyl groups is 1. The molecular weight excluding hydrogens is 421 g/mol. The highest BCUT2D eigenvalue weighted by atomic mass is 19.1. The van der Waals surface area contributed by atoms with Crippen molar-refractivity contribution in [2.75, 3.05) is 31.6 Å². The number of aromatic nitrogens is 2. The zero-order valence-electron chi connectivity index (χ0n) is 19.2. The minimum Gasteiger partial charge on any atom is -0.393 e. The maximum atomic E-state index is 15.3. The van der Waals surface area contributed by atoms with E-state index in [9.17, 15) is 5.11 Å². The van der Waals surface area contributed by atoms with Gasteiger partial charge < -0.3 is 20.6 Å². The minimum absolute atomic E-state index is 0.165. The molecule has 3 N–H and O–H groups in total. The van der Waals surface area contributed by atoms with E-state index in [0.29, 0.717) is 37.4 Å².